The van der Waals surface area contributed by atoms with Crippen LogP contribution in [0.25, 0.3) is 0 Å². The third kappa shape index (κ3) is 7.31. The lowest BCUT2D eigenvalue weighted by Gasteiger charge is -2.35. The zero-order valence-electron chi connectivity index (χ0n) is 18.3. The normalized spacial score (nSPS) is 22.4. The van der Waals surface area contributed by atoms with Gasteiger partial charge in [-0.3, -0.25) is 14.5 Å². The summed E-state index contributed by atoms with van der Waals surface area (Å²) in [6.45, 7) is 3.72. The van der Waals surface area contributed by atoms with Crippen molar-refractivity contribution in [3.63, 3.8) is 0 Å². The van der Waals surface area contributed by atoms with Crippen molar-refractivity contribution in [2.45, 2.75) is 62.3 Å². The minimum atomic E-state index is -3.46. The Bertz CT molecular complexity index is 828. The predicted octanol–water partition coefficient (Wildman–Crippen LogP) is 2.22. The fraction of sp³-hybridized carbons (Fsp3) is 0.652. The Morgan fingerprint density at radius 1 is 0.968 bits per heavy atom. The van der Waals surface area contributed by atoms with Crippen LogP contribution in [0.1, 0.15) is 51.4 Å². The van der Waals surface area contributed by atoms with Gasteiger partial charge in [0.1, 0.15) is 0 Å². The van der Waals surface area contributed by atoms with Gasteiger partial charge < -0.3 is 10.2 Å². The number of rotatable bonds is 4. The first-order chi connectivity index (χ1) is 15.0. The average Bonchev–Trinajstić information content (AvgIpc) is 2.79. The molecule has 3 rings (SSSR count). The predicted molar refractivity (Wildman–Crippen MR) is 120 cm³/mol. The standard InChI is InChI=1S/C23H35N3O4S/c27-22-19-20-9-4-6-14-25(20)16-8-17-26(15-7-5-13-24-22)23(28)12-18-31(29,30)21-10-2-1-3-11-21/h1-3,10-11,20H,4-9,12-19H2,(H,24,27). The van der Waals surface area contributed by atoms with Crippen LogP contribution in [0.5, 0.6) is 0 Å². The summed E-state index contributed by atoms with van der Waals surface area (Å²) in [5.74, 6) is -0.153. The second-order valence-electron chi connectivity index (χ2n) is 8.56. The molecule has 0 radical (unpaired) electrons. The summed E-state index contributed by atoms with van der Waals surface area (Å²) in [7, 11) is -3.46. The summed E-state index contributed by atoms with van der Waals surface area (Å²) in [5, 5.41) is 3.01. The van der Waals surface area contributed by atoms with Gasteiger partial charge in [-0.1, -0.05) is 24.6 Å². The van der Waals surface area contributed by atoms with E-state index >= 15 is 0 Å². The molecular formula is C23H35N3O4S. The number of fused-ring (bicyclic) bond motifs is 1. The minimum Gasteiger partial charge on any atom is -0.356 e. The first-order valence-electron chi connectivity index (χ1n) is 11.5. The summed E-state index contributed by atoms with van der Waals surface area (Å²) in [4.78, 5) is 29.6. The van der Waals surface area contributed by atoms with Crippen LogP contribution in [0.3, 0.4) is 0 Å². The van der Waals surface area contributed by atoms with Crippen molar-refractivity contribution in [3.8, 4) is 0 Å². The van der Waals surface area contributed by atoms with Gasteiger partial charge in [0.15, 0.2) is 9.84 Å². The molecule has 31 heavy (non-hydrogen) atoms. The summed E-state index contributed by atoms with van der Waals surface area (Å²) in [6.07, 6.45) is 6.37. The van der Waals surface area contributed by atoms with Crippen molar-refractivity contribution < 1.29 is 18.0 Å². The number of hydrogen-bond donors (Lipinski definition) is 1. The maximum atomic E-state index is 12.9. The molecular weight excluding hydrogens is 414 g/mol. The quantitative estimate of drug-likeness (QED) is 0.762. The number of piperidine rings is 1. The Morgan fingerprint density at radius 3 is 2.48 bits per heavy atom. The smallest absolute Gasteiger partial charge is 0.223 e. The highest BCUT2D eigenvalue weighted by Crippen LogP contribution is 2.20. The SMILES string of the molecule is O=C1CC2CCCCN2CCCN(C(=O)CCS(=O)(=O)c2ccccc2)CCCCN1. The van der Waals surface area contributed by atoms with Gasteiger partial charge in [-0.25, -0.2) is 8.42 Å². The molecule has 2 aliphatic rings. The van der Waals surface area contributed by atoms with E-state index < -0.39 is 9.84 Å². The molecule has 0 bridgehead atoms. The van der Waals surface area contributed by atoms with Gasteiger partial charge in [-0.2, -0.15) is 0 Å². The molecule has 0 aliphatic carbocycles. The van der Waals surface area contributed by atoms with Gasteiger partial charge in [0.05, 0.1) is 10.6 Å². The Morgan fingerprint density at radius 2 is 1.68 bits per heavy atom. The van der Waals surface area contributed by atoms with Crippen molar-refractivity contribution >= 4 is 21.7 Å². The monoisotopic (exact) mass is 449 g/mol. The lowest BCUT2D eigenvalue weighted by Crippen LogP contribution is -2.44. The van der Waals surface area contributed by atoms with E-state index in [-0.39, 0.29) is 34.9 Å². The van der Waals surface area contributed by atoms with E-state index in [1.165, 1.54) is 0 Å². The van der Waals surface area contributed by atoms with Crippen LogP contribution in [0.2, 0.25) is 0 Å². The molecule has 0 aromatic heterocycles. The number of amides is 2. The molecule has 2 amide bonds. The van der Waals surface area contributed by atoms with Gasteiger partial charge in [-0.05, 0) is 50.8 Å². The van der Waals surface area contributed by atoms with Crippen LogP contribution in [0, 0.1) is 0 Å². The fourth-order valence-electron chi connectivity index (χ4n) is 4.48. The molecule has 1 aromatic rings. The zero-order chi connectivity index (χ0) is 22.1. The molecule has 2 aliphatic heterocycles. The van der Waals surface area contributed by atoms with E-state index in [1.807, 2.05) is 4.90 Å². The molecule has 7 nitrogen and oxygen atoms in total. The van der Waals surface area contributed by atoms with Crippen molar-refractivity contribution in [1.29, 1.82) is 0 Å². The molecule has 1 atom stereocenters. The van der Waals surface area contributed by atoms with Crippen LogP contribution in [-0.4, -0.2) is 74.6 Å². The number of carbonyl (C=O) groups is 2. The van der Waals surface area contributed by atoms with Gasteiger partial charge in [-0.15, -0.1) is 0 Å². The highest BCUT2D eigenvalue weighted by molar-refractivity contribution is 7.91. The number of nitrogens with zero attached hydrogens (tertiary/aromatic N) is 2. The summed E-state index contributed by atoms with van der Waals surface area (Å²) < 4.78 is 25.1. The van der Waals surface area contributed by atoms with Gasteiger partial charge in [0.25, 0.3) is 0 Å². The molecule has 1 N–H and O–H groups in total. The lowest BCUT2D eigenvalue weighted by atomic mass is 9.98. The second-order valence-corrected chi connectivity index (χ2v) is 10.7. The molecule has 0 saturated carbocycles. The van der Waals surface area contributed by atoms with Gasteiger partial charge in [0.2, 0.25) is 11.8 Å². The number of sulfone groups is 1. The lowest BCUT2D eigenvalue weighted by molar-refractivity contribution is -0.131. The largest absolute Gasteiger partial charge is 0.356 e. The van der Waals surface area contributed by atoms with Crippen LogP contribution in [-0.2, 0) is 19.4 Å². The van der Waals surface area contributed by atoms with Crippen LogP contribution >= 0.6 is 0 Å². The molecule has 2 heterocycles. The fourth-order valence-corrected chi connectivity index (χ4v) is 5.73. The average molecular weight is 450 g/mol. The highest BCUT2D eigenvalue weighted by Gasteiger charge is 2.25. The number of carbonyl (C=O) groups excluding carboxylic acids is 2. The summed E-state index contributed by atoms with van der Waals surface area (Å²) >= 11 is 0. The van der Waals surface area contributed by atoms with Crippen LogP contribution < -0.4 is 5.32 Å². The maximum absolute atomic E-state index is 12.9. The first kappa shape index (κ1) is 23.7. The molecule has 1 aromatic carbocycles. The summed E-state index contributed by atoms with van der Waals surface area (Å²) in [6, 6.07) is 8.60. The molecule has 8 heteroatoms. The van der Waals surface area contributed by atoms with Crippen molar-refractivity contribution in [3.05, 3.63) is 30.3 Å². The second kappa shape index (κ2) is 11.6. The van der Waals surface area contributed by atoms with Crippen LogP contribution in [0.15, 0.2) is 35.2 Å². The zero-order valence-corrected chi connectivity index (χ0v) is 19.1. The Labute approximate surface area is 186 Å². The molecule has 1 unspecified atom stereocenters. The van der Waals surface area contributed by atoms with Crippen LogP contribution in [0.4, 0.5) is 0 Å². The van der Waals surface area contributed by atoms with E-state index in [4.69, 9.17) is 0 Å². The number of nitrogens with one attached hydrogen (secondary N) is 1. The number of hydrogen-bond acceptors (Lipinski definition) is 5. The van der Waals surface area contributed by atoms with Crippen molar-refractivity contribution in [2.24, 2.45) is 0 Å². The van der Waals surface area contributed by atoms with E-state index in [2.05, 4.69) is 10.2 Å². The molecule has 2 saturated heterocycles. The van der Waals surface area contributed by atoms with E-state index in [0.717, 1.165) is 51.6 Å². The Balaban J connectivity index is 1.58. The molecule has 2 fully saturated rings. The summed E-state index contributed by atoms with van der Waals surface area (Å²) in [5.41, 5.74) is 0. The van der Waals surface area contributed by atoms with E-state index in [0.29, 0.717) is 26.1 Å². The topological polar surface area (TPSA) is 86.8 Å². The Hall–Kier alpha value is -1.93. The molecule has 0 spiro atoms. The first-order valence-corrected chi connectivity index (χ1v) is 13.2. The van der Waals surface area contributed by atoms with E-state index in [1.54, 1.807) is 30.3 Å². The van der Waals surface area contributed by atoms with Crippen molar-refractivity contribution in [2.75, 3.05) is 38.5 Å². The third-order valence-corrected chi connectivity index (χ3v) is 7.99. The third-order valence-electron chi connectivity index (χ3n) is 6.26. The van der Waals surface area contributed by atoms with E-state index in [9.17, 15) is 18.0 Å². The minimum absolute atomic E-state index is 0.000300. The van der Waals surface area contributed by atoms with Gasteiger partial charge >= 0.3 is 0 Å². The molecule has 172 valence electrons. The maximum Gasteiger partial charge on any atom is 0.223 e. The number of benzene rings is 1. The van der Waals surface area contributed by atoms with Crippen molar-refractivity contribution in [1.82, 2.24) is 15.1 Å². The van der Waals surface area contributed by atoms with Gasteiger partial charge in [0, 0.05) is 45.1 Å². The Kier molecular flexibility index (Phi) is 8.90. The highest BCUT2D eigenvalue weighted by atomic mass is 32.2.